The second kappa shape index (κ2) is 4.23. The van der Waals surface area contributed by atoms with Crippen molar-refractivity contribution in [3.05, 3.63) is 17.7 Å². The van der Waals surface area contributed by atoms with Crippen molar-refractivity contribution in [3.8, 4) is 11.5 Å². The van der Waals surface area contributed by atoms with Crippen molar-refractivity contribution in [2.24, 2.45) is 9.81 Å². The first-order chi connectivity index (χ1) is 8.70. The average molecular weight is 283 g/mol. The second-order valence-corrected chi connectivity index (χ2v) is 6.94. The van der Waals surface area contributed by atoms with Crippen LogP contribution in [0.1, 0.15) is 26.3 Å². The molecule has 5 nitrogen and oxygen atoms in total. The van der Waals surface area contributed by atoms with Crippen LogP contribution < -0.4 is 9.47 Å². The molecule has 0 aliphatic carbocycles. The van der Waals surface area contributed by atoms with E-state index >= 15 is 0 Å². The Hall–Kier alpha value is -1.56. The summed E-state index contributed by atoms with van der Waals surface area (Å²) in [5.41, 5.74) is 0.770. The molecular formula is C13H17NO4S. The summed E-state index contributed by atoms with van der Waals surface area (Å²) < 4.78 is 38.4. The van der Waals surface area contributed by atoms with Gasteiger partial charge in [0.1, 0.15) is 4.90 Å². The zero-order chi connectivity index (χ0) is 14.4. The van der Waals surface area contributed by atoms with E-state index in [0.29, 0.717) is 22.8 Å². The van der Waals surface area contributed by atoms with Crippen molar-refractivity contribution >= 4 is 15.7 Å². The molecule has 0 amide bonds. The highest BCUT2D eigenvalue weighted by atomic mass is 32.2. The van der Waals surface area contributed by atoms with Crippen LogP contribution in [0.5, 0.6) is 11.5 Å². The van der Waals surface area contributed by atoms with Crippen molar-refractivity contribution in [2.75, 3.05) is 14.2 Å². The smallest absolute Gasteiger partial charge is 0.283 e. The molecule has 0 radical (unpaired) electrons. The van der Waals surface area contributed by atoms with Crippen LogP contribution in [0.15, 0.2) is 21.4 Å². The first kappa shape index (κ1) is 13.9. The zero-order valence-corrected chi connectivity index (χ0v) is 12.5. The fraction of sp³-hybridized carbons (Fsp3) is 0.462. The third kappa shape index (κ3) is 2.20. The van der Waals surface area contributed by atoms with Crippen LogP contribution in [0.2, 0.25) is 0 Å². The average Bonchev–Trinajstić information content (AvgIpc) is 2.59. The van der Waals surface area contributed by atoms with Gasteiger partial charge in [-0.2, -0.15) is 12.8 Å². The van der Waals surface area contributed by atoms with Gasteiger partial charge in [-0.25, -0.2) is 0 Å². The maximum atomic E-state index is 12.1. The third-order valence-corrected chi connectivity index (χ3v) is 4.26. The molecule has 0 atom stereocenters. The number of benzene rings is 1. The van der Waals surface area contributed by atoms with Crippen LogP contribution in [0.3, 0.4) is 0 Å². The third-order valence-electron chi connectivity index (χ3n) is 2.94. The van der Waals surface area contributed by atoms with Crippen molar-refractivity contribution in [1.29, 1.82) is 0 Å². The topological polar surface area (TPSA) is 65.0 Å². The molecule has 0 aromatic heterocycles. The first-order valence-electron chi connectivity index (χ1n) is 5.82. The molecule has 1 aromatic rings. The number of fused-ring (bicyclic) bond motifs is 1. The van der Waals surface area contributed by atoms with Crippen molar-refractivity contribution < 1.29 is 17.9 Å². The highest BCUT2D eigenvalue weighted by Gasteiger charge is 2.36. The van der Waals surface area contributed by atoms with Gasteiger partial charge in [-0.1, -0.05) is 20.8 Å². The van der Waals surface area contributed by atoms with Crippen LogP contribution in [0.25, 0.3) is 0 Å². The van der Waals surface area contributed by atoms with Gasteiger partial charge in [0.25, 0.3) is 10.0 Å². The molecule has 0 unspecified atom stereocenters. The fourth-order valence-corrected chi connectivity index (χ4v) is 3.42. The molecule has 0 bridgehead atoms. The Bertz CT molecular complexity index is 654. The van der Waals surface area contributed by atoms with E-state index in [0.717, 1.165) is 0 Å². The second-order valence-electron chi connectivity index (χ2n) is 5.37. The van der Waals surface area contributed by atoms with E-state index in [9.17, 15) is 8.42 Å². The minimum Gasteiger partial charge on any atom is -0.493 e. The lowest BCUT2D eigenvalue weighted by Crippen LogP contribution is -2.19. The zero-order valence-electron chi connectivity index (χ0n) is 11.6. The van der Waals surface area contributed by atoms with E-state index in [1.807, 2.05) is 20.8 Å². The van der Waals surface area contributed by atoms with E-state index in [4.69, 9.17) is 9.47 Å². The lowest BCUT2D eigenvalue weighted by atomic mass is 9.85. The van der Waals surface area contributed by atoms with Gasteiger partial charge in [0.15, 0.2) is 11.5 Å². The quantitative estimate of drug-likeness (QED) is 0.835. The van der Waals surface area contributed by atoms with Crippen LogP contribution in [0, 0.1) is 5.41 Å². The predicted molar refractivity (Wildman–Crippen MR) is 72.7 cm³/mol. The van der Waals surface area contributed by atoms with E-state index in [1.54, 1.807) is 6.07 Å². The number of ether oxygens (including phenoxy) is 2. The number of methoxy groups -OCH3 is 2. The van der Waals surface area contributed by atoms with Gasteiger partial charge in [-0.3, -0.25) is 0 Å². The summed E-state index contributed by atoms with van der Waals surface area (Å²) in [7, 11) is -0.658. The molecule has 2 rings (SSSR count). The number of nitrogens with zero attached hydrogens (tertiary/aromatic N) is 1. The Morgan fingerprint density at radius 1 is 1.05 bits per heavy atom. The maximum absolute atomic E-state index is 12.1. The largest absolute Gasteiger partial charge is 0.493 e. The Kier molecular flexibility index (Phi) is 3.09. The Morgan fingerprint density at radius 3 is 2.05 bits per heavy atom. The molecule has 1 aliphatic heterocycles. The van der Waals surface area contributed by atoms with Crippen LogP contribution in [0.4, 0.5) is 0 Å². The van der Waals surface area contributed by atoms with E-state index < -0.39 is 10.0 Å². The number of hydrogen-bond donors (Lipinski definition) is 0. The van der Waals surface area contributed by atoms with Gasteiger partial charge >= 0.3 is 0 Å². The van der Waals surface area contributed by atoms with Crippen molar-refractivity contribution in [3.63, 3.8) is 0 Å². The molecule has 6 heteroatoms. The highest BCUT2D eigenvalue weighted by Crippen LogP contribution is 2.40. The lowest BCUT2D eigenvalue weighted by Gasteiger charge is -2.19. The number of rotatable bonds is 2. The van der Waals surface area contributed by atoms with Gasteiger partial charge in [0.2, 0.25) is 0 Å². The summed E-state index contributed by atoms with van der Waals surface area (Å²) in [6.45, 7) is 5.77. The van der Waals surface area contributed by atoms with Crippen molar-refractivity contribution in [1.82, 2.24) is 0 Å². The minimum absolute atomic E-state index is 0.176. The molecule has 1 aromatic carbocycles. The van der Waals surface area contributed by atoms with Gasteiger partial charge in [-0.15, -0.1) is 0 Å². The lowest BCUT2D eigenvalue weighted by molar-refractivity contribution is 0.353. The molecule has 0 saturated heterocycles. The van der Waals surface area contributed by atoms with Crippen LogP contribution in [-0.2, 0) is 10.0 Å². The predicted octanol–water partition coefficient (Wildman–Crippen LogP) is 2.24. The maximum Gasteiger partial charge on any atom is 0.283 e. The van der Waals surface area contributed by atoms with E-state index in [-0.39, 0.29) is 10.3 Å². The Balaban J connectivity index is 2.76. The normalized spacial score (nSPS) is 16.8. The molecule has 104 valence electrons. The summed E-state index contributed by atoms with van der Waals surface area (Å²) in [4.78, 5) is 0.176. The molecule has 19 heavy (non-hydrogen) atoms. The van der Waals surface area contributed by atoms with Gasteiger partial charge in [-0.05, 0) is 6.07 Å². The van der Waals surface area contributed by atoms with Crippen LogP contribution in [-0.4, -0.2) is 28.3 Å². The van der Waals surface area contributed by atoms with E-state index in [1.165, 1.54) is 20.3 Å². The summed E-state index contributed by atoms with van der Waals surface area (Å²) in [5.74, 6) is 0.880. The molecule has 0 fully saturated rings. The molecule has 1 heterocycles. The summed E-state index contributed by atoms with van der Waals surface area (Å²) in [6, 6.07) is 3.13. The van der Waals surface area contributed by atoms with Crippen molar-refractivity contribution in [2.45, 2.75) is 25.7 Å². The molecule has 0 spiro atoms. The van der Waals surface area contributed by atoms with Gasteiger partial charge < -0.3 is 9.47 Å². The van der Waals surface area contributed by atoms with Gasteiger partial charge in [0, 0.05) is 17.0 Å². The fourth-order valence-electron chi connectivity index (χ4n) is 2.02. The monoisotopic (exact) mass is 283 g/mol. The molecular weight excluding hydrogens is 266 g/mol. The number of hydrogen-bond acceptors (Lipinski definition) is 4. The summed E-state index contributed by atoms with van der Waals surface area (Å²) in [6.07, 6.45) is 0. The van der Waals surface area contributed by atoms with Crippen LogP contribution >= 0.6 is 0 Å². The van der Waals surface area contributed by atoms with E-state index in [2.05, 4.69) is 4.40 Å². The summed E-state index contributed by atoms with van der Waals surface area (Å²) >= 11 is 0. The van der Waals surface area contributed by atoms with Gasteiger partial charge in [0.05, 0.1) is 19.9 Å². The first-order valence-corrected chi connectivity index (χ1v) is 7.26. The minimum atomic E-state index is -3.64. The Labute approximate surface area is 113 Å². The standard InChI is InChI=1S/C13H17NO4S/c1-13(2,3)12-8-6-9(17-4)10(18-5)7-11(8)19(15,16)14-12/h6-7H,1-5H3. The molecule has 0 N–H and O–H groups in total. The summed E-state index contributed by atoms with van der Waals surface area (Å²) in [5, 5.41) is 0. The SMILES string of the molecule is COc1cc2c(cc1OC)S(=O)(=O)N=C2C(C)(C)C. The number of sulfonamides is 1. The Morgan fingerprint density at radius 2 is 1.58 bits per heavy atom. The molecule has 0 saturated carbocycles. The highest BCUT2D eigenvalue weighted by molar-refractivity contribution is 7.90. The molecule has 1 aliphatic rings.